The Morgan fingerprint density at radius 3 is 2.53 bits per heavy atom. The summed E-state index contributed by atoms with van der Waals surface area (Å²) < 4.78 is 12.9. The van der Waals surface area contributed by atoms with Crippen LogP contribution in [0.15, 0.2) is 48.5 Å². The van der Waals surface area contributed by atoms with Gasteiger partial charge in [0.2, 0.25) is 5.91 Å². The Labute approximate surface area is 177 Å². The van der Waals surface area contributed by atoms with Gasteiger partial charge in [-0.25, -0.2) is 4.39 Å². The first-order valence-corrected chi connectivity index (χ1v) is 10.6. The quantitative estimate of drug-likeness (QED) is 0.655. The van der Waals surface area contributed by atoms with Gasteiger partial charge in [0.15, 0.2) is 0 Å². The fourth-order valence-corrected chi connectivity index (χ4v) is 3.76. The summed E-state index contributed by atoms with van der Waals surface area (Å²) in [6, 6.07) is 14.2. The Kier molecular flexibility index (Phi) is 7.97. The van der Waals surface area contributed by atoms with Gasteiger partial charge >= 0.3 is 0 Å². The van der Waals surface area contributed by atoms with Crippen LogP contribution in [0.2, 0.25) is 0 Å². The van der Waals surface area contributed by atoms with E-state index in [0.29, 0.717) is 24.9 Å². The van der Waals surface area contributed by atoms with Gasteiger partial charge in [0.05, 0.1) is 0 Å². The summed E-state index contributed by atoms with van der Waals surface area (Å²) in [5, 5.41) is 5.88. The molecule has 2 N–H and O–H groups in total. The van der Waals surface area contributed by atoms with Crippen LogP contribution in [0.25, 0.3) is 0 Å². The predicted molar refractivity (Wildman–Crippen MR) is 116 cm³/mol. The second-order valence-corrected chi connectivity index (χ2v) is 7.97. The standard InChI is InChI=1S/C24H30FN3O2/c1-18-4-2-5-19(16-18)17-28-14-11-22(12-15-28)27-23(29)6-3-13-26-24(30)20-7-9-21(25)10-8-20/h2,4-5,7-10,16,22H,3,6,11-15,17H2,1H3,(H,26,30)(H,27,29). The van der Waals surface area contributed by atoms with Crippen molar-refractivity contribution in [1.82, 2.24) is 15.5 Å². The largest absolute Gasteiger partial charge is 0.353 e. The molecule has 6 heteroatoms. The van der Waals surface area contributed by atoms with E-state index in [1.165, 1.54) is 35.4 Å². The highest BCUT2D eigenvalue weighted by atomic mass is 19.1. The Balaban J connectivity index is 1.29. The van der Waals surface area contributed by atoms with Crippen molar-refractivity contribution < 1.29 is 14.0 Å². The second kappa shape index (κ2) is 10.9. The van der Waals surface area contributed by atoms with Gasteiger partial charge in [-0.1, -0.05) is 29.8 Å². The number of likely N-dealkylation sites (tertiary alicyclic amines) is 1. The number of carbonyl (C=O) groups is 2. The van der Waals surface area contributed by atoms with Gasteiger partial charge in [0.25, 0.3) is 5.91 Å². The van der Waals surface area contributed by atoms with Gasteiger partial charge in [0, 0.05) is 44.2 Å². The van der Waals surface area contributed by atoms with E-state index in [0.717, 1.165) is 32.5 Å². The van der Waals surface area contributed by atoms with E-state index in [9.17, 15) is 14.0 Å². The molecule has 0 saturated carbocycles. The number of piperidine rings is 1. The normalized spacial score (nSPS) is 15.0. The van der Waals surface area contributed by atoms with Crippen LogP contribution in [-0.4, -0.2) is 42.4 Å². The van der Waals surface area contributed by atoms with Gasteiger partial charge < -0.3 is 10.6 Å². The van der Waals surface area contributed by atoms with E-state index in [1.807, 2.05) is 0 Å². The van der Waals surface area contributed by atoms with Crippen molar-refractivity contribution in [3.63, 3.8) is 0 Å². The molecule has 0 unspecified atom stereocenters. The molecule has 1 heterocycles. The van der Waals surface area contributed by atoms with Crippen molar-refractivity contribution in [3.8, 4) is 0 Å². The minimum absolute atomic E-state index is 0.0307. The number of carbonyl (C=O) groups excluding carboxylic acids is 2. The summed E-state index contributed by atoms with van der Waals surface area (Å²) in [4.78, 5) is 26.6. The Morgan fingerprint density at radius 2 is 1.83 bits per heavy atom. The molecule has 30 heavy (non-hydrogen) atoms. The maximum absolute atomic E-state index is 12.9. The maximum atomic E-state index is 12.9. The summed E-state index contributed by atoms with van der Waals surface area (Å²) >= 11 is 0. The van der Waals surface area contributed by atoms with Crippen LogP contribution in [0.1, 0.15) is 47.2 Å². The average molecular weight is 412 g/mol. The van der Waals surface area contributed by atoms with Crippen molar-refractivity contribution in [2.45, 2.75) is 45.2 Å². The molecule has 2 amide bonds. The molecule has 1 aliphatic heterocycles. The van der Waals surface area contributed by atoms with Crippen LogP contribution < -0.4 is 10.6 Å². The number of halogens is 1. The topological polar surface area (TPSA) is 61.4 Å². The van der Waals surface area contributed by atoms with Crippen LogP contribution in [0.5, 0.6) is 0 Å². The van der Waals surface area contributed by atoms with E-state index in [2.05, 4.69) is 46.7 Å². The van der Waals surface area contributed by atoms with E-state index >= 15 is 0 Å². The number of nitrogens with zero attached hydrogens (tertiary/aromatic N) is 1. The lowest BCUT2D eigenvalue weighted by atomic mass is 10.0. The van der Waals surface area contributed by atoms with Crippen LogP contribution >= 0.6 is 0 Å². The number of rotatable bonds is 8. The monoisotopic (exact) mass is 411 g/mol. The first kappa shape index (κ1) is 22.0. The average Bonchev–Trinajstić information content (AvgIpc) is 2.73. The molecular formula is C24H30FN3O2. The van der Waals surface area contributed by atoms with Gasteiger partial charge in [-0.2, -0.15) is 0 Å². The lowest BCUT2D eigenvalue weighted by Crippen LogP contribution is -2.44. The summed E-state index contributed by atoms with van der Waals surface area (Å²) in [5.74, 6) is -0.594. The molecule has 0 atom stereocenters. The Hall–Kier alpha value is -2.73. The molecule has 160 valence electrons. The molecule has 0 aliphatic carbocycles. The van der Waals surface area contributed by atoms with E-state index < -0.39 is 0 Å². The maximum Gasteiger partial charge on any atom is 0.251 e. The second-order valence-electron chi connectivity index (χ2n) is 7.97. The van der Waals surface area contributed by atoms with E-state index in [4.69, 9.17) is 0 Å². The highest BCUT2D eigenvalue weighted by Crippen LogP contribution is 2.15. The lowest BCUT2D eigenvalue weighted by molar-refractivity contribution is -0.122. The molecule has 5 nitrogen and oxygen atoms in total. The predicted octanol–water partition coefficient (Wildman–Crippen LogP) is 3.42. The van der Waals surface area contributed by atoms with Crippen LogP contribution in [0, 0.1) is 12.7 Å². The molecule has 0 bridgehead atoms. The minimum Gasteiger partial charge on any atom is -0.353 e. The Morgan fingerprint density at radius 1 is 1.10 bits per heavy atom. The molecule has 1 aliphatic rings. The van der Waals surface area contributed by atoms with Crippen LogP contribution in [0.3, 0.4) is 0 Å². The van der Waals surface area contributed by atoms with E-state index in [1.54, 1.807) is 0 Å². The summed E-state index contributed by atoms with van der Waals surface area (Å²) in [5.41, 5.74) is 3.03. The SMILES string of the molecule is Cc1cccc(CN2CCC(NC(=O)CCCNC(=O)c3ccc(F)cc3)CC2)c1. The van der Waals surface area contributed by atoms with Crippen LogP contribution in [-0.2, 0) is 11.3 Å². The van der Waals surface area contributed by atoms with Crippen molar-refractivity contribution in [3.05, 3.63) is 71.0 Å². The number of hydrogen-bond acceptors (Lipinski definition) is 3. The zero-order chi connectivity index (χ0) is 21.3. The lowest BCUT2D eigenvalue weighted by Gasteiger charge is -2.32. The molecule has 1 fully saturated rings. The van der Waals surface area contributed by atoms with Crippen molar-refractivity contribution >= 4 is 11.8 Å². The third kappa shape index (κ3) is 6.95. The molecule has 0 radical (unpaired) electrons. The van der Waals surface area contributed by atoms with E-state index in [-0.39, 0.29) is 23.7 Å². The molecule has 0 spiro atoms. The molecule has 3 rings (SSSR count). The number of aryl methyl sites for hydroxylation is 1. The summed E-state index contributed by atoms with van der Waals surface area (Å²) in [6.07, 6.45) is 2.87. The van der Waals surface area contributed by atoms with Gasteiger partial charge in [0.1, 0.15) is 5.82 Å². The van der Waals surface area contributed by atoms with Gasteiger partial charge in [-0.05, 0) is 56.0 Å². The number of amides is 2. The highest BCUT2D eigenvalue weighted by Gasteiger charge is 2.20. The number of nitrogens with one attached hydrogen (secondary N) is 2. The number of hydrogen-bond donors (Lipinski definition) is 2. The van der Waals surface area contributed by atoms with Crippen LogP contribution in [0.4, 0.5) is 4.39 Å². The first-order valence-electron chi connectivity index (χ1n) is 10.6. The fraction of sp³-hybridized carbons (Fsp3) is 0.417. The number of benzene rings is 2. The molecule has 2 aromatic rings. The first-order chi connectivity index (χ1) is 14.5. The van der Waals surface area contributed by atoms with Gasteiger partial charge in [-0.3, -0.25) is 14.5 Å². The third-order valence-electron chi connectivity index (χ3n) is 5.41. The third-order valence-corrected chi connectivity index (χ3v) is 5.41. The Bertz CT molecular complexity index is 846. The zero-order valence-electron chi connectivity index (χ0n) is 17.5. The smallest absolute Gasteiger partial charge is 0.251 e. The van der Waals surface area contributed by atoms with Gasteiger partial charge in [-0.15, -0.1) is 0 Å². The molecule has 0 aromatic heterocycles. The fourth-order valence-electron chi connectivity index (χ4n) is 3.76. The zero-order valence-corrected chi connectivity index (χ0v) is 17.5. The van der Waals surface area contributed by atoms with Crippen molar-refractivity contribution in [1.29, 1.82) is 0 Å². The van der Waals surface area contributed by atoms with Crippen molar-refractivity contribution in [2.24, 2.45) is 0 Å². The summed E-state index contributed by atoms with van der Waals surface area (Å²) in [7, 11) is 0. The highest BCUT2D eigenvalue weighted by molar-refractivity contribution is 5.94. The molecular weight excluding hydrogens is 381 g/mol. The van der Waals surface area contributed by atoms with Crippen molar-refractivity contribution in [2.75, 3.05) is 19.6 Å². The summed E-state index contributed by atoms with van der Waals surface area (Å²) in [6.45, 7) is 5.44. The molecule has 2 aromatic carbocycles. The minimum atomic E-state index is -0.371. The molecule has 1 saturated heterocycles.